The predicted octanol–water partition coefficient (Wildman–Crippen LogP) is 3.97. The Hall–Kier alpha value is -4.00. The topological polar surface area (TPSA) is 84.7 Å². The molecule has 0 unspecified atom stereocenters. The van der Waals surface area contributed by atoms with Crippen LogP contribution in [0.25, 0.3) is 5.82 Å². The number of hydrogen-bond acceptors (Lipinski definition) is 5. The highest BCUT2D eigenvalue weighted by molar-refractivity contribution is 6.05. The third-order valence-electron chi connectivity index (χ3n) is 4.23. The smallest absolute Gasteiger partial charge is 0.255 e. The summed E-state index contributed by atoms with van der Waals surface area (Å²) in [7, 11) is 0. The average Bonchev–Trinajstić information content (AvgIpc) is 3.25. The number of carbonyl (C=O) groups excluding carboxylic acids is 1. The first-order valence-electron chi connectivity index (χ1n) is 8.73. The molecule has 2 aromatic heterocycles. The summed E-state index contributed by atoms with van der Waals surface area (Å²) in [4.78, 5) is 24.9. The van der Waals surface area contributed by atoms with Crippen LogP contribution < -0.4 is 10.6 Å². The van der Waals surface area contributed by atoms with Gasteiger partial charge in [-0.3, -0.25) is 9.36 Å². The van der Waals surface area contributed by atoms with E-state index in [9.17, 15) is 4.79 Å². The SMILES string of the molecule is Cc1ccccc1C(=O)Nc1ccc(Nc2cc(-n3ccnc3)ncn2)cc1. The third kappa shape index (κ3) is 3.88. The van der Waals surface area contributed by atoms with Crippen molar-refractivity contribution in [3.63, 3.8) is 0 Å². The van der Waals surface area contributed by atoms with Gasteiger partial charge in [0, 0.05) is 35.4 Å². The van der Waals surface area contributed by atoms with Gasteiger partial charge in [-0.15, -0.1) is 0 Å². The van der Waals surface area contributed by atoms with E-state index in [1.807, 2.05) is 67.7 Å². The Balaban J connectivity index is 1.45. The number of amides is 1. The minimum atomic E-state index is -0.125. The molecule has 0 saturated carbocycles. The summed E-state index contributed by atoms with van der Waals surface area (Å²) in [5, 5.41) is 6.15. The van der Waals surface area contributed by atoms with Crippen molar-refractivity contribution in [2.75, 3.05) is 10.6 Å². The van der Waals surface area contributed by atoms with Crippen LogP contribution in [0.4, 0.5) is 17.2 Å². The molecule has 2 heterocycles. The standard InChI is InChI=1S/C21H18N6O/c1-15-4-2-3-5-18(15)21(28)26-17-8-6-16(7-9-17)25-19-12-20(24-13-23-19)27-11-10-22-14-27/h2-14H,1H3,(H,26,28)(H,23,24,25). The Morgan fingerprint density at radius 3 is 2.54 bits per heavy atom. The van der Waals surface area contributed by atoms with Gasteiger partial charge in [-0.1, -0.05) is 18.2 Å². The van der Waals surface area contributed by atoms with Crippen LogP contribution in [0, 0.1) is 6.92 Å². The number of aryl methyl sites for hydroxylation is 1. The van der Waals surface area contributed by atoms with Crippen LogP contribution in [0.1, 0.15) is 15.9 Å². The normalized spacial score (nSPS) is 10.5. The largest absolute Gasteiger partial charge is 0.340 e. The van der Waals surface area contributed by atoms with E-state index in [0.717, 1.165) is 22.8 Å². The zero-order valence-corrected chi connectivity index (χ0v) is 15.2. The molecule has 0 spiro atoms. The van der Waals surface area contributed by atoms with E-state index < -0.39 is 0 Å². The van der Waals surface area contributed by atoms with Crippen molar-refractivity contribution < 1.29 is 4.79 Å². The van der Waals surface area contributed by atoms with Gasteiger partial charge < -0.3 is 10.6 Å². The number of aromatic nitrogens is 4. The number of nitrogens with one attached hydrogen (secondary N) is 2. The van der Waals surface area contributed by atoms with E-state index in [0.29, 0.717) is 11.4 Å². The number of rotatable bonds is 5. The van der Waals surface area contributed by atoms with Crippen LogP contribution in [0.5, 0.6) is 0 Å². The Bertz CT molecular complexity index is 1090. The van der Waals surface area contributed by atoms with Gasteiger partial charge in [-0.05, 0) is 42.8 Å². The molecule has 0 radical (unpaired) electrons. The molecule has 0 saturated heterocycles. The molecule has 7 heteroatoms. The molecule has 4 aromatic rings. The summed E-state index contributed by atoms with van der Waals surface area (Å²) in [6.45, 7) is 1.92. The molecule has 4 rings (SSSR count). The first kappa shape index (κ1) is 17.4. The fourth-order valence-corrected chi connectivity index (χ4v) is 2.76. The Kier molecular flexibility index (Phi) is 4.79. The van der Waals surface area contributed by atoms with E-state index in [1.54, 1.807) is 17.1 Å². The van der Waals surface area contributed by atoms with Gasteiger partial charge in [0.2, 0.25) is 0 Å². The molecule has 1 amide bonds. The molecular formula is C21H18N6O. The van der Waals surface area contributed by atoms with Crippen LogP contribution in [0.3, 0.4) is 0 Å². The van der Waals surface area contributed by atoms with Gasteiger partial charge in [0.1, 0.15) is 24.3 Å². The number of imidazole rings is 1. The molecule has 7 nitrogen and oxygen atoms in total. The van der Waals surface area contributed by atoms with Crippen LogP contribution in [0.15, 0.2) is 79.6 Å². The average molecular weight is 370 g/mol. The molecule has 2 N–H and O–H groups in total. The van der Waals surface area contributed by atoms with Crippen molar-refractivity contribution in [3.05, 3.63) is 90.8 Å². The first-order chi connectivity index (χ1) is 13.7. The summed E-state index contributed by atoms with van der Waals surface area (Å²) >= 11 is 0. The monoisotopic (exact) mass is 370 g/mol. The molecule has 0 aliphatic carbocycles. The van der Waals surface area contributed by atoms with Crippen LogP contribution in [0.2, 0.25) is 0 Å². The Morgan fingerprint density at radius 1 is 1.00 bits per heavy atom. The highest BCUT2D eigenvalue weighted by atomic mass is 16.1. The predicted molar refractivity (Wildman–Crippen MR) is 108 cm³/mol. The van der Waals surface area contributed by atoms with E-state index >= 15 is 0 Å². The molecule has 0 bridgehead atoms. The second kappa shape index (κ2) is 7.71. The second-order valence-electron chi connectivity index (χ2n) is 6.20. The summed E-state index contributed by atoms with van der Waals surface area (Å²) in [6.07, 6.45) is 6.68. The number of anilines is 3. The second-order valence-corrected chi connectivity index (χ2v) is 6.20. The maximum Gasteiger partial charge on any atom is 0.255 e. The summed E-state index contributed by atoms with van der Waals surface area (Å²) in [6, 6.07) is 16.8. The van der Waals surface area contributed by atoms with E-state index in [2.05, 4.69) is 25.6 Å². The molecule has 2 aromatic carbocycles. The third-order valence-corrected chi connectivity index (χ3v) is 4.23. The van der Waals surface area contributed by atoms with Gasteiger partial charge in [-0.2, -0.15) is 0 Å². The lowest BCUT2D eigenvalue weighted by Crippen LogP contribution is -2.13. The molecular weight excluding hydrogens is 352 g/mol. The lowest BCUT2D eigenvalue weighted by Gasteiger charge is -2.10. The van der Waals surface area contributed by atoms with Crippen molar-refractivity contribution in [1.29, 1.82) is 0 Å². The fraction of sp³-hybridized carbons (Fsp3) is 0.0476. The summed E-state index contributed by atoms with van der Waals surface area (Å²) in [5.74, 6) is 1.26. The van der Waals surface area contributed by atoms with Crippen molar-refractivity contribution in [2.24, 2.45) is 0 Å². The summed E-state index contributed by atoms with van der Waals surface area (Å²) in [5.41, 5.74) is 3.18. The molecule has 0 aliphatic rings. The fourth-order valence-electron chi connectivity index (χ4n) is 2.76. The molecule has 0 aliphatic heterocycles. The van der Waals surface area contributed by atoms with E-state index in [-0.39, 0.29) is 5.91 Å². The molecule has 0 fully saturated rings. The first-order valence-corrected chi connectivity index (χ1v) is 8.73. The van der Waals surface area contributed by atoms with Gasteiger partial charge in [-0.25, -0.2) is 15.0 Å². The minimum absolute atomic E-state index is 0.125. The number of nitrogens with zero attached hydrogens (tertiary/aromatic N) is 4. The Labute approximate surface area is 162 Å². The molecule has 138 valence electrons. The molecule has 28 heavy (non-hydrogen) atoms. The molecule has 0 atom stereocenters. The lowest BCUT2D eigenvalue weighted by atomic mass is 10.1. The quantitative estimate of drug-likeness (QED) is 0.555. The minimum Gasteiger partial charge on any atom is -0.340 e. The van der Waals surface area contributed by atoms with Gasteiger partial charge >= 0.3 is 0 Å². The van der Waals surface area contributed by atoms with E-state index in [4.69, 9.17) is 0 Å². The van der Waals surface area contributed by atoms with Gasteiger partial charge in [0.25, 0.3) is 5.91 Å². The zero-order chi connectivity index (χ0) is 19.3. The summed E-state index contributed by atoms with van der Waals surface area (Å²) < 4.78 is 1.80. The Morgan fingerprint density at radius 2 is 1.79 bits per heavy atom. The van der Waals surface area contributed by atoms with Crippen LogP contribution in [-0.2, 0) is 0 Å². The van der Waals surface area contributed by atoms with Crippen LogP contribution >= 0.6 is 0 Å². The van der Waals surface area contributed by atoms with Gasteiger partial charge in [0.05, 0.1) is 0 Å². The van der Waals surface area contributed by atoms with Crippen molar-refractivity contribution in [2.45, 2.75) is 6.92 Å². The van der Waals surface area contributed by atoms with Crippen molar-refractivity contribution >= 4 is 23.1 Å². The van der Waals surface area contributed by atoms with Crippen molar-refractivity contribution in [1.82, 2.24) is 19.5 Å². The zero-order valence-electron chi connectivity index (χ0n) is 15.2. The lowest BCUT2D eigenvalue weighted by molar-refractivity contribution is 0.102. The number of benzene rings is 2. The number of carbonyl (C=O) groups is 1. The highest BCUT2D eigenvalue weighted by Crippen LogP contribution is 2.19. The van der Waals surface area contributed by atoms with Crippen molar-refractivity contribution in [3.8, 4) is 5.82 Å². The highest BCUT2D eigenvalue weighted by Gasteiger charge is 2.08. The van der Waals surface area contributed by atoms with Crippen LogP contribution in [-0.4, -0.2) is 25.4 Å². The maximum atomic E-state index is 12.4. The van der Waals surface area contributed by atoms with Gasteiger partial charge in [0.15, 0.2) is 0 Å². The number of hydrogen-bond donors (Lipinski definition) is 2. The van der Waals surface area contributed by atoms with E-state index in [1.165, 1.54) is 6.33 Å². The maximum absolute atomic E-state index is 12.4.